The minimum atomic E-state index is -0.503. The van der Waals surface area contributed by atoms with Crippen LogP contribution in [0.2, 0.25) is 0 Å². The third-order valence-corrected chi connectivity index (χ3v) is 5.09. The second-order valence-corrected chi connectivity index (χ2v) is 7.54. The zero-order chi connectivity index (χ0) is 22.7. The van der Waals surface area contributed by atoms with E-state index in [1.807, 2.05) is 50.2 Å². The Bertz CT molecular complexity index is 1180. The van der Waals surface area contributed by atoms with Gasteiger partial charge in [0, 0.05) is 11.8 Å². The van der Waals surface area contributed by atoms with E-state index in [0.29, 0.717) is 29.3 Å². The van der Waals surface area contributed by atoms with Crippen LogP contribution < -0.4 is 15.0 Å². The highest BCUT2D eigenvalue weighted by Gasteiger charge is 2.40. The highest BCUT2D eigenvalue weighted by Crippen LogP contribution is 2.34. The fraction of sp³-hybridized carbons (Fsp3) is 0.154. The number of ether oxygens (including phenoxy) is 1. The van der Waals surface area contributed by atoms with Crippen LogP contribution in [0.1, 0.15) is 24.5 Å². The Morgan fingerprint density at radius 3 is 2.34 bits per heavy atom. The van der Waals surface area contributed by atoms with E-state index < -0.39 is 17.6 Å². The van der Waals surface area contributed by atoms with Gasteiger partial charge < -0.3 is 10.1 Å². The molecule has 0 bridgehead atoms. The lowest BCUT2D eigenvalue weighted by atomic mass is 10.0. The lowest BCUT2D eigenvalue weighted by Crippen LogP contribution is -2.32. The average Bonchev–Trinajstić information content (AvgIpc) is 3.03. The number of hydrogen-bond acceptors (Lipinski definition) is 4. The number of nitrogens with zero attached hydrogens (tertiary/aromatic N) is 1. The number of benzene rings is 3. The number of rotatable bonds is 7. The first-order valence-corrected chi connectivity index (χ1v) is 10.4. The summed E-state index contributed by atoms with van der Waals surface area (Å²) in [6, 6.07) is 19.9. The smallest absolute Gasteiger partial charge is 0.282 e. The highest BCUT2D eigenvalue weighted by atomic mass is 19.1. The minimum absolute atomic E-state index is 0.163. The molecule has 0 spiro atoms. The number of imide groups is 1. The number of hydrogen-bond donors (Lipinski definition) is 1. The number of carbonyl (C=O) groups excluding carboxylic acids is 2. The lowest BCUT2D eigenvalue weighted by molar-refractivity contribution is -0.120. The van der Waals surface area contributed by atoms with Gasteiger partial charge in [-0.1, -0.05) is 42.8 Å². The number of nitrogens with one attached hydrogen (secondary N) is 1. The Labute approximate surface area is 186 Å². The predicted molar refractivity (Wildman–Crippen MR) is 123 cm³/mol. The van der Waals surface area contributed by atoms with Crippen LogP contribution in [0.25, 0.3) is 5.57 Å². The van der Waals surface area contributed by atoms with E-state index >= 15 is 0 Å². The van der Waals surface area contributed by atoms with E-state index in [1.165, 1.54) is 24.3 Å². The van der Waals surface area contributed by atoms with E-state index in [0.717, 1.165) is 16.9 Å². The van der Waals surface area contributed by atoms with Gasteiger partial charge in [-0.15, -0.1) is 0 Å². The van der Waals surface area contributed by atoms with Gasteiger partial charge in [0.25, 0.3) is 11.8 Å². The molecule has 3 aromatic rings. The van der Waals surface area contributed by atoms with Crippen LogP contribution in [0.4, 0.5) is 15.8 Å². The minimum Gasteiger partial charge on any atom is -0.494 e. The molecule has 0 atom stereocenters. The molecule has 5 nitrogen and oxygen atoms in total. The Morgan fingerprint density at radius 1 is 0.938 bits per heavy atom. The van der Waals surface area contributed by atoms with E-state index in [1.54, 1.807) is 12.1 Å². The molecule has 0 unspecified atom stereocenters. The summed E-state index contributed by atoms with van der Waals surface area (Å²) < 4.78 is 19.1. The molecule has 4 rings (SSSR count). The molecule has 0 saturated heterocycles. The van der Waals surface area contributed by atoms with Crippen LogP contribution in [0.15, 0.2) is 78.5 Å². The summed E-state index contributed by atoms with van der Waals surface area (Å²) in [5.41, 5.74) is 3.02. The van der Waals surface area contributed by atoms with Crippen molar-refractivity contribution >= 4 is 28.8 Å². The standard InChI is InChI=1S/C26H23FN2O3/c1-3-15-32-22-6-4-5-20(16-22)28-24-23(18-9-7-17(2)8-10-18)25(30)29(26(24)31)21-13-11-19(27)12-14-21/h4-14,16,28H,3,15H2,1-2H3. The van der Waals surface area contributed by atoms with Crippen LogP contribution in [0.5, 0.6) is 5.75 Å². The third kappa shape index (κ3) is 4.25. The van der Waals surface area contributed by atoms with Crippen molar-refractivity contribution in [1.29, 1.82) is 0 Å². The molecule has 0 saturated carbocycles. The van der Waals surface area contributed by atoms with E-state index in [-0.39, 0.29) is 11.3 Å². The number of halogens is 1. The van der Waals surface area contributed by atoms with Crippen LogP contribution in [0.3, 0.4) is 0 Å². The summed E-state index contributed by atoms with van der Waals surface area (Å²) in [5.74, 6) is -0.744. The second kappa shape index (κ2) is 9.06. The average molecular weight is 430 g/mol. The van der Waals surface area contributed by atoms with E-state index in [4.69, 9.17) is 4.74 Å². The van der Waals surface area contributed by atoms with Gasteiger partial charge in [0.05, 0.1) is 17.9 Å². The Balaban J connectivity index is 1.75. The van der Waals surface area contributed by atoms with Crippen LogP contribution in [-0.4, -0.2) is 18.4 Å². The molecule has 32 heavy (non-hydrogen) atoms. The van der Waals surface area contributed by atoms with Crippen molar-refractivity contribution in [2.45, 2.75) is 20.3 Å². The monoisotopic (exact) mass is 430 g/mol. The molecule has 1 aliphatic rings. The molecule has 0 aliphatic carbocycles. The molecule has 3 aromatic carbocycles. The summed E-state index contributed by atoms with van der Waals surface area (Å²) in [7, 11) is 0. The van der Waals surface area contributed by atoms with Crippen molar-refractivity contribution in [1.82, 2.24) is 0 Å². The molecule has 1 aliphatic heterocycles. The Hall–Kier alpha value is -3.93. The van der Waals surface area contributed by atoms with Crippen molar-refractivity contribution in [3.05, 3.63) is 95.4 Å². The van der Waals surface area contributed by atoms with Crippen molar-refractivity contribution in [3.8, 4) is 5.75 Å². The van der Waals surface area contributed by atoms with Crippen LogP contribution >= 0.6 is 0 Å². The molecule has 162 valence electrons. The summed E-state index contributed by atoms with van der Waals surface area (Å²) in [6.45, 7) is 4.55. The van der Waals surface area contributed by atoms with Gasteiger partial charge in [-0.05, 0) is 55.3 Å². The maximum absolute atomic E-state index is 13.4. The number of amides is 2. The van der Waals surface area contributed by atoms with Gasteiger partial charge in [-0.2, -0.15) is 0 Å². The van der Waals surface area contributed by atoms with Crippen molar-refractivity contribution in [3.63, 3.8) is 0 Å². The molecule has 2 amide bonds. The zero-order valence-corrected chi connectivity index (χ0v) is 17.9. The second-order valence-electron chi connectivity index (χ2n) is 7.54. The Morgan fingerprint density at radius 2 is 1.66 bits per heavy atom. The summed E-state index contributed by atoms with van der Waals surface area (Å²) in [5, 5.41) is 3.13. The van der Waals surface area contributed by atoms with Gasteiger partial charge in [0.2, 0.25) is 0 Å². The number of carbonyl (C=O) groups is 2. The fourth-order valence-electron chi connectivity index (χ4n) is 3.49. The van der Waals surface area contributed by atoms with Crippen LogP contribution in [-0.2, 0) is 9.59 Å². The van der Waals surface area contributed by atoms with Crippen molar-refractivity contribution < 1.29 is 18.7 Å². The summed E-state index contributed by atoms with van der Waals surface area (Å²) in [4.78, 5) is 27.8. The van der Waals surface area contributed by atoms with Crippen molar-refractivity contribution in [2.75, 3.05) is 16.8 Å². The largest absolute Gasteiger partial charge is 0.494 e. The zero-order valence-electron chi connectivity index (χ0n) is 17.9. The third-order valence-electron chi connectivity index (χ3n) is 5.09. The first kappa shape index (κ1) is 21.3. The SMILES string of the molecule is CCCOc1cccc(NC2=C(c3ccc(C)cc3)C(=O)N(c3ccc(F)cc3)C2=O)c1. The summed E-state index contributed by atoms with van der Waals surface area (Å²) >= 11 is 0. The van der Waals surface area contributed by atoms with Gasteiger partial charge >= 0.3 is 0 Å². The first-order chi connectivity index (χ1) is 15.5. The predicted octanol–water partition coefficient (Wildman–Crippen LogP) is 5.32. The summed E-state index contributed by atoms with van der Waals surface area (Å²) in [6.07, 6.45) is 0.875. The molecule has 0 fully saturated rings. The molecule has 6 heteroatoms. The van der Waals surface area contributed by atoms with Gasteiger partial charge in [-0.3, -0.25) is 9.59 Å². The normalized spacial score (nSPS) is 13.7. The highest BCUT2D eigenvalue weighted by molar-refractivity contribution is 6.46. The first-order valence-electron chi connectivity index (χ1n) is 10.4. The number of aryl methyl sites for hydroxylation is 1. The number of anilines is 2. The van der Waals surface area contributed by atoms with Gasteiger partial charge in [0.1, 0.15) is 17.3 Å². The van der Waals surface area contributed by atoms with Gasteiger partial charge in [-0.25, -0.2) is 9.29 Å². The Kier molecular flexibility index (Phi) is 6.03. The van der Waals surface area contributed by atoms with Gasteiger partial charge in [0.15, 0.2) is 0 Å². The molecule has 0 radical (unpaired) electrons. The molecule has 1 heterocycles. The van der Waals surface area contributed by atoms with Crippen molar-refractivity contribution in [2.24, 2.45) is 0 Å². The van der Waals surface area contributed by atoms with E-state index in [2.05, 4.69) is 5.32 Å². The lowest BCUT2D eigenvalue weighted by Gasteiger charge is -2.15. The fourth-order valence-corrected chi connectivity index (χ4v) is 3.49. The van der Waals surface area contributed by atoms with E-state index in [9.17, 15) is 14.0 Å². The van der Waals surface area contributed by atoms with Crippen LogP contribution in [0, 0.1) is 12.7 Å². The topological polar surface area (TPSA) is 58.6 Å². The maximum atomic E-state index is 13.4. The molecular formula is C26H23FN2O3. The molecule has 1 N–H and O–H groups in total. The quantitative estimate of drug-likeness (QED) is 0.516. The maximum Gasteiger partial charge on any atom is 0.282 e. The molecule has 0 aromatic heterocycles. The molecular weight excluding hydrogens is 407 g/mol.